The predicted molar refractivity (Wildman–Crippen MR) is 81.4 cm³/mol. The highest BCUT2D eigenvalue weighted by molar-refractivity contribution is 7.16. The summed E-state index contributed by atoms with van der Waals surface area (Å²) >= 11 is 1.82. The first-order valence-corrected chi connectivity index (χ1v) is 8.34. The van der Waals surface area contributed by atoms with Gasteiger partial charge in [0.2, 0.25) is 0 Å². The summed E-state index contributed by atoms with van der Waals surface area (Å²) in [6.45, 7) is 4.13. The van der Waals surface area contributed by atoms with Crippen LogP contribution in [0.4, 0.5) is 5.00 Å². The first-order valence-electron chi connectivity index (χ1n) is 7.52. The fourth-order valence-electron chi connectivity index (χ4n) is 3.79. The third-order valence-electron chi connectivity index (χ3n) is 5.15. The Labute approximate surface area is 123 Å². The van der Waals surface area contributed by atoms with E-state index < -0.39 is 0 Å². The minimum Gasteiger partial charge on any atom is -0.353 e. The Morgan fingerprint density at radius 3 is 3.05 bits per heavy atom. The Balaban J connectivity index is 1.80. The van der Waals surface area contributed by atoms with E-state index in [1.54, 1.807) is 0 Å². The highest BCUT2D eigenvalue weighted by Crippen LogP contribution is 2.45. The molecular formula is C15H21N3OS. The molecule has 0 radical (unpaired) electrons. The van der Waals surface area contributed by atoms with Gasteiger partial charge in [0.05, 0.1) is 5.56 Å². The monoisotopic (exact) mass is 291 g/mol. The summed E-state index contributed by atoms with van der Waals surface area (Å²) in [6, 6.07) is 0. The fraction of sp³-hybridized carbons (Fsp3) is 0.667. The highest BCUT2D eigenvalue weighted by Gasteiger charge is 2.46. The number of fused-ring (bicyclic) bond motifs is 3. The molecule has 2 aliphatic heterocycles. The van der Waals surface area contributed by atoms with Gasteiger partial charge in [-0.3, -0.25) is 4.79 Å². The Morgan fingerprint density at radius 2 is 2.30 bits per heavy atom. The molecule has 1 saturated heterocycles. The molecular weight excluding hydrogens is 270 g/mol. The van der Waals surface area contributed by atoms with E-state index in [2.05, 4.69) is 17.6 Å². The van der Waals surface area contributed by atoms with Gasteiger partial charge >= 0.3 is 0 Å². The van der Waals surface area contributed by atoms with Gasteiger partial charge in [-0.1, -0.05) is 6.92 Å². The van der Waals surface area contributed by atoms with Crippen molar-refractivity contribution in [1.29, 1.82) is 0 Å². The zero-order valence-corrected chi connectivity index (χ0v) is 12.9. The van der Waals surface area contributed by atoms with Gasteiger partial charge in [0.25, 0.3) is 5.91 Å². The molecule has 2 N–H and O–H groups in total. The van der Waals surface area contributed by atoms with Gasteiger partial charge in [0, 0.05) is 24.9 Å². The molecule has 0 bridgehead atoms. The molecule has 1 spiro atoms. The van der Waals surface area contributed by atoms with Gasteiger partial charge < -0.3 is 15.5 Å². The van der Waals surface area contributed by atoms with Crippen LogP contribution < -0.4 is 10.6 Å². The second kappa shape index (κ2) is 4.21. The van der Waals surface area contributed by atoms with Crippen molar-refractivity contribution < 1.29 is 4.79 Å². The average Bonchev–Trinajstić information content (AvgIpc) is 3.01. The lowest BCUT2D eigenvalue weighted by atomic mass is 9.87. The van der Waals surface area contributed by atoms with Gasteiger partial charge in [-0.05, 0) is 37.3 Å². The fourth-order valence-corrected chi connectivity index (χ4v) is 5.29. The van der Waals surface area contributed by atoms with E-state index in [1.165, 1.54) is 16.9 Å². The van der Waals surface area contributed by atoms with Crippen molar-refractivity contribution in [3.8, 4) is 0 Å². The molecule has 2 unspecified atom stereocenters. The molecule has 1 aliphatic carbocycles. The van der Waals surface area contributed by atoms with Crippen LogP contribution in [-0.2, 0) is 12.8 Å². The molecule has 20 heavy (non-hydrogen) atoms. The number of anilines is 1. The smallest absolute Gasteiger partial charge is 0.258 e. The van der Waals surface area contributed by atoms with Gasteiger partial charge in [-0.25, -0.2) is 0 Å². The van der Waals surface area contributed by atoms with E-state index in [4.69, 9.17) is 0 Å². The number of likely N-dealkylation sites (N-methyl/N-ethyl adjacent to an activating group) is 1. The predicted octanol–water partition coefficient (Wildman–Crippen LogP) is 2.06. The number of amides is 1. The van der Waals surface area contributed by atoms with Crippen molar-refractivity contribution in [2.24, 2.45) is 5.92 Å². The molecule has 3 aliphatic rings. The molecule has 4 rings (SSSR count). The van der Waals surface area contributed by atoms with Crippen molar-refractivity contribution in [3.63, 3.8) is 0 Å². The quantitative estimate of drug-likeness (QED) is 0.769. The van der Waals surface area contributed by atoms with Crippen LogP contribution >= 0.6 is 11.3 Å². The van der Waals surface area contributed by atoms with Crippen LogP contribution in [0.3, 0.4) is 0 Å². The molecule has 4 nitrogen and oxygen atoms in total. The van der Waals surface area contributed by atoms with Crippen molar-refractivity contribution >= 4 is 22.2 Å². The largest absolute Gasteiger partial charge is 0.353 e. The molecule has 2 atom stereocenters. The summed E-state index contributed by atoms with van der Waals surface area (Å²) in [5, 5.41) is 8.19. The van der Waals surface area contributed by atoms with E-state index in [9.17, 15) is 4.79 Å². The first-order chi connectivity index (χ1) is 9.61. The SMILES string of the molecule is CC1CCc2c(sc3c2C(=O)N(C)C2(CCNC2)N3)C1. The summed E-state index contributed by atoms with van der Waals surface area (Å²) in [6.07, 6.45) is 4.39. The molecule has 1 aromatic heterocycles. The lowest BCUT2D eigenvalue weighted by Gasteiger charge is -2.43. The van der Waals surface area contributed by atoms with Crippen LogP contribution in [0.2, 0.25) is 0 Å². The summed E-state index contributed by atoms with van der Waals surface area (Å²) in [5.74, 6) is 0.965. The van der Waals surface area contributed by atoms with E-state index >= 15 is 0 Å². The number of rotatable bonds is 0. The standard InChI is InChI=1S/C15H21N3OS/c1-9-3-4-10-11(7-9)20-13-12(10)14(19)18(2)15(17-13)5-6-16-8-15/h9,16-17H,3-8H2,1-2H3. The minimum absolute atomic E-state index is 0.205. The Morgan fingerprint density at radius 1 is 1.45 bits per heavy atom. The number of hydrogen-bond acceptors (Lipinski definition) is 4. The second-order valence-corrected chi connectivity index (χ2v) is 7.61. The van der Waals surface area contributed by atoms with E-state index in [1.807, 2.05) is 23.3 Å². The van der Waals surface area contributed by atoms with E-state index in [-0.39, 0.29) is 11.6 Å². The molecule has 0 aromatic carbocycles. The summed E-state index contributed by atoms with van der Waals surface area (Å²) in [5.41, 5.74) is 2.09. The van der Waals surface area contributed by atoms with Gasteiger partial charge in [-0.2, -0.15) is 0 Å². The average molecular weight is 291 g/mol. The van der Waals surface area contributed by atoms with E-state index in [0.29, 0.717) is 0 Å². The van der Waals surface area contributed by atoms with Gasteiger partial charge in [0.15, 0.2) is 0 Å². The molecule has 108 valence electrons. The third kappa shape index (κ3) is 1.59. The Hall–Kier alpha value is -1.07. The zero-order chi connectivity index (χ0) is 13.9. The van der Waals surface area contributed by atoms with Crippen molar-refractivity contribution in [1.82, 2.24) is 10.2 Å². The minimum atomic E-state index is -0.205. The lowest BCUT2D eigenvalue weighted by molar-refractivity contribution is 0.0622. The van der Waals surface area contributed by atoms with Crippen LogP contribution in [0.15, 0.2) is 0 Å². The molecule has 1 amide bonds. The molecule has 5 heteroatoms. The number of nitrogens with zero attached hydrogens (tertiary/aromatic N) is 1. The first kappa shape index (κ1) is 12.7. The van der Waals surface area contributed by atoms with Crippen LogP contribution in [-0.4, -0.2) is 36.6 Å². The zero-order valence-electron chi connectivity index (χ0n) is 12.1. The van der Waals surface area contributed by atoms with Crippen molar-refractivity contribution in [3.05, 3.63) is 16.0 Å². The van der Waals surface area contributed by atoms with Crippen molar-refractivity contribution in [2.45, 2.75) is 38.3 Å². The second-order valence-electron chi connectivity index (χ2n) is 6.50. The van der Waals surface area contributed by atoms with Crippen LogP contribution in [0, 0.1) is 5.92 Å². The molecule has 3 heterocycles. The highest BCUT2D eigenvalue weighted by atomic mass is 32.1. The summed E-state index contributed by atoms with van der Waals surface area (Å²) < 4.78 is 0. The number of hydrogen-bond donors (Lipinski definition) is 2. The molecule has 0 saturated carbocycles. The Kier molecular flexibility index (Phi) is 2.67. The maximum atomic E-state index is 12.9. The number of thiophene rings is 1. The lowest BCUT2D eigenvalue weighted by Crippen LogP contribution is -2.59. The van der Waals surface area contributed by atoms with Gasteiger partial charge in [-0.15, -0.1) is 11.3 Å². The molecule has 1 fully saturated rings. The topological polar surface area (TPSA) is 44.4 Å². The number of carbonyl (C=O) groups is 1. The van der Waals surface area contributed by atoms with Crippen molar-refractivity contribution in [2.75, 3.05) is 25.5 Å². The maximum Gasteiger partial charge on any atom is 0.258 e. The normalized spacial score (nSPS) is 32.2. The van der Waals surface area contributed by atoms with Crippen LogP contribution in [0.5, 0.6) is 0 Å². The Bertz CT molecular complexity index is 574. The van der Waals surface area contributed by atoms with Crippen LogP contribution in [0.25, 0.3) is 0 Å². The summed E-state index contributed by atoms with van der Waals surface area (Å²) in [7, 11) is 1.95. The number of carbonyl (C=O) groups excluding carboxylic acids is 1. The van der Waals surface area contributed by atoms with Gasteiger partial charge in [0.1, 0.15) is 10.7 Å². The molecule has 1 aromatic rings. The summed E-state index contributed by atoms with van der Waals surface area (Å²) in [4.78, 5) is 16.2. The van der Waals surface area contributed by atoms with Crippen LogP contribution in [0.1, 0.15) is 40.6 Å². The van der Waals surface area contributed by atoms with E-state index in [0.717, 1.165) is 48.8 Å². The number of nitrogens with one attached hydrogen (secondary N) is 2. The maximum absolute atomic E-state index is 12.9. The third-order valence-corrected chi connectivity index (χ3v) is 6.32.